The molecule has 0 radical (unpaired) electrons. The van der Waals surface area contributed by atoms with Crippen molar-refractivity contribution >= 4 is 11.8 Å². The van der Waals surface area contributed by atoms with E-state index < -0.39 is 0 Å². The number of rotatable bonds is 16. The molecule has 0 atom stereocenters. The highest BCUT2D eigenvalue weighted by Crippen LogP contribution is 2.15. The van der Waals surface area contributed by atoms with Gasteiger partial charge in [-0.3, -0.25) is 9.59 Å². The second-order valence-electron chi connectivity index (χ2n) is 8.94. The minimum atomic E-state index is -0.205. The van der Waals surface area contributed by atoms with Crippen LogP contribution < -0.4 is 29.6 Å². The molecule has 2 N–H and O–H groups in total. The summed E-state index contributed by atoms with van der Waals surface area (Å²) in [5.74, 6) is 2.34. The maximum atomic E-state index is 12.6. The molecule has 8 heteroatoms. The van der Waals surface area contributed by atoms with Crippen molar-refractivity contribution < 1.29 is 28.5 Å². The Labute approximate surface area is 240 Å². The number of benzene rings is 4. The molecule has 4 aromatic rings. The zero-order valence-corrected chi connectivity index (χ0v) is 22.8. The van der Waals surface area contributed by atoms with Gasteiger partial charge in [0, 0.05) is 24.2 Å². The van der Waals surface area contributed by atoms with Crippen LogP contribution in [0.1, 0.15) is 27.1 Å². The lowest BCUT2D eigenvalue weighted by atomic mass is 10.2. The summed E-state index contributed by atoms with van der Waals surface area (Å²) in [5.41, 5.74) is 1.00. The van der Waals surface area contributed by atoms with Gasteiger partial charge in [-0.2, -0.15) is 0 Å². The van der Waals surface area contributed by atoms with Gasteiger partial charge in [-0.25, -0.2) is 0 Å². The average molecular weight is 555 g/mol. The molecule has 0 aliphatic rings. The first-order valence-corrected chi connectivity index (χ1v) is 13.6. The summed E-state index contributed by atoms with van der Waals surface area (Å²) in [6, 6.07) is 33.0. The number of carbonyl (C=O) groups excluding carboxylic acids is 2. The third-order valence-electron chi connectivity index (χ3n) is 5.85. The van der Waals surface area contributed by atoms with Gasteiger partial charge in [-0.1, -0.05) is 48.5 Å². The Kier molecular flexibility index (Phi) is 11.5. The summed E-state index contributed by atoms with van der Waals surface area (Å²) in [4.78, 5) is 25.1. The van der Waals surface area contributed by atoms with Crippen LogP contribution in [-0.2, 0) is 0 Å². The van der Waals surface area contributed by atoms with Crippen molar-refractivity contribution in [1.29, 1.82) is 0 Å². The Morgan fingerprint density at radius 2 is 0.829 bits per heavy atom. The summed E-state index contributed by atoms with van der Waals surface area (Å²) in [6.45, 7) is 2.34. The average Bonchev–Trinajstić information content (AvgIpc) is 3.02. The lowest BCUT2D eigenvalue weighted by Crippen LogP contribution is -2.30. The van der Waals surface area contributed by atoms with Crippen LogP contribution in [0.5, 0.6) is 23.0 Å². The van der Waals surface area contributed by atoms with Crippen molar-refractivity contribution in [1.82, 2.24) is 10.6 Å². The zero-order chi connectivity index (χ0) is 28.5. The van der Waals surface area contributed by atoms with Gasteiger partial charge in [0.1, 0.15) is 49.4 Å². The highest BCUT2D eigenvalue weighted by molar-refractivity contribution is 5.95. The first-order valence-electron chi connectivity index (χ1n) is 13.6. The predicted molar refractivity (Wildman–Crippen MR) is 157 cm³/mol. The van der Waals surface area contributed by atoms with Crippen LogP contribution in [-0.4, -0.2) is 51.3 Å². The van der Waals surface area contributed by atoms with E-state index >= 15 is 0 Å². The van der Waals surface area contributed by atoms with Gasteiger partial charge >= 0.3 is 0 Å². The smallest absolute Gasteiger partial charge is 0.251 e. The molecule has 41 heavy (non-hydrogen) atoms. The van der Waals surface area contributed by atoms with Gasteiger partial charge in [0.05, 0.1) is 0 Å². The van der Waals surface area contributed by atoms with Gasteiger partial charge in [0.25, 0.3) is 11.8 Å². The monoisotopic (exact) mass is 554 g/mol. The van der Waals surface area contributed by atoms with Gasteiger partial charge in [-0.15, -0.1) is 0 Å². The van der Waals surface area contributed by atoms with Crippen molar-refractivity contribution in [3.63, 3.8) is 0 Å². The molecule has 0 fully saturated rings. The molecule has 0 saturated carbocycles. The maximum Gasteiger partial charge on any atom is 0.251 e. The van der Waals surface area contributed by atoms with Gasteiger partial charge in [-0.05, 0) is 67.1 Å². The fourth-order valence-corrected chi connectivity index (χ4v) is 3.82. The van der Waals surface area contributed by atoms with Crippen molar-refractivity contribution in [2.45, 2.75) is 6.42 Å². The third kappa shape index (κ3) is 10.3. The topological polar surface area (TPSA) is 95.1 Å². The lowest BCUT2D eigenvalue weighted by molar-refractivity contribution is 0.0951. The van der Waals surface area contributed by atoms with Crippen LogP contribution in [0.2, 0.25) is 0 Å². The molecular weight excluding hydrogens is 520 g/mol. The summed E-state index contributed by atoms with van der Waals surface area (Å²) in [7, 11) is 0. The van der Waals surface area contributed by atoms with Crippen LogP contribution in [0.25, 0.3) is 0 Å². The SMILES string of the molecule is O=C(NCCCNC(=O)c1cccc(OCCOc2ccccc2)c1)c1cccc(OCCOc2ccccc2)c1. The molecule has 0 aliphatic carbocycles. The summed E-state index contributed by atoms with van der Waals surface area (Å²) in [5, 5.41) is 5.75. The van der Waals surface area contributed by atoms with E-state index in [-0.39, 0.29) is 11.8 Å². The predicted octanol–water partition coefficient (Wildman–Crippen LogP) is 5.15. The van der Waals surface area contributed by atoms with E-state index in [2.05, 4.69) is 10.6 Å². The quantitative estimate of drug-likeness (QED) is 0.186. The maximum absolute atomic E-state index is 12.6. The number of amides is 2. The molecule has 2 amide bonds. The summed E-state index contributed by atoms with van der Waals surface area (Å²) < 4.78 is 22.7. The van der Waals surface area contributed by atoms with Gasteiger partial charge < -0.3 is 29.6 Å². The van der Waals surface area contributed by atoms with E-state index in [1.54, 1.807) is 48.5 Å². The van der Waals surface area contributed by atoms with Gasteiger partial charge in [0.2, 0.25) is 0 Å². The molecule has 0 saturated heterocycles. The minimum Gasteiger partial charge on any atom is -0.490 e. The lowest BCUT2D eigenvalue weighted by Gasteiger charge is -2.11. The molecule has 4 rings (SSSR count). The molecule has 0 aromatic heterocycles. The van der Waals surface area contributed by atoms with Crippen LogP contribution in [0, 0.1) is 0 Å². The Balaban J connectivity index is 1.10. The second-order valence-corrected chi connectivity index (χ2v) is 8.94. The third-order valence-corrected chi connectivity index (χ3v) is 5.85. The Hall–Kier alpha value is -4.98. The number of ether oxygens (including phenoxy) is 4. The Bertz CT molecular complexity index is 1260. The van der Waals surface area contributed by atoms with E-state index in [1.807, 2.05) is 60.7 Å². The molecule has 8 nitrogen and oxygen atoms in total. The van der Waals surface area contributed by atoms with Crippen molar-refractivity contribution in [3.8, 4) is 23.0 Å². The van der Waals surface area contributed by atoms with Crippen molar-refractivity contribution in [3.05, 3.63) is 120 Å². The van der Waals surface area contributed by atoms with Crippen molar-refractivity contribution in [2.24, 2.45) is 0 Å². The van der Waals surface area contributed by atoms with E-state index in [0.717, 1.165) is 11.5 Å². The summed E-state index contributed by atoms with van der Waals surface area (Å²) >= 11 is 0. The van der Waals surface area contributed by atoms with Gasteiger partial charge in [0.15, 0.2) is 0 Å². The van der Waals surface area contributed by atoms with E-state index in [1.165, 1.54) is 0 Å². The fraction of sp³-hybridized carbons (Fsp3) is 0.212. The first kappa shape index (κ1) is 29.0. The molecule has 0 spiro atoms. The van der Waals surface area contributed by atoms with E-state index in [0.29, 0.717) is 68.6 Å². The Morgan fingerprint density at radius 1 is 0.463 bits per heavy atom. The number of carbonyl (C=O) groups is 2. The van der Waals surface area contributed by atoms with Crippen LogP contribution >= 0.6 is 0 Å². The number of hydrogen-bond acceptors (Lipinski definition) is 6. The molecule has 4 aromatic carbocycles. The molecular formula is C33H34N2O6. The fourth-order valence-electron chi connectivity index (χ4n) is 3.82. The number of nitrogens with one attached hydrogen (secondary N) is 2. The van der Waals surface area contributed by atoms with Crippen LogP contribution in [0.3, 0.4) is 0 Å². The number of para-hydroxylation sites is 2. The van der Waals surface area contributed by atoms with Crippen LogP contribution in [0.15, 0.2) is 109 Å². The molecule has 0 heterocycles. The van der Waals surface area contributed by atoms with E-state index in [4.69, 9.17) is 18.9 Å². The first-order chi connectivity index (χ1) is 20.2. The second kappa shape index (κ2) is 16.2. The summed E-state index contributed by atoms with van der Waals surface area (Å²) in [6.07, 6.45) is 0.581. The molecule has 0 aliphatic heterocycles. The highest BCUT2D eigenvalue weighted by Gasteiger charge is 2.09. The highest BCUT2D eigenvalue weighted by atomic mass is 16.5. The molecule has 212 valence electrons. The zero-order valence-electron chi connectivity index (χ0n) is 22.8. The molecule has 0 bridgehead atoms. The van der Waals surface area contributed by atoms with Crippen LogP contribution in [0.4, 0.5) is 0 Å². The standard InChI is InChI=1S/C33H34N2O6/c36-32(26-10-7-16-30(24-26)40-22-20-38-28-12-3-1-4-13-28)34-18-9-19-35-33(37)27-11-8-17-31(25-27)41-23-21-39-29-14-5-2-6-15-29/h1-8,10-17,24-25H,9,18-23H2,(H,34,36)(H,35,37). The molecule has 0 unspecified atom stereocenters. The van der Waals surface area contributed by atoms with Crippen molar-refractivity contribution in [2.75, 3.05) is 39.5 Å². The Morgan fingerprint density at radius 3 is 1.24 bits per heavy atom. The van der Waals surface area contributed by atoms with E-state index in [9.17, 15) is 9.59 Å². The normalized spacial score (nSPS) is 10.3. The number of hydrogen-bond donors (Lipinski definition) is 2. The largest absolute Gasteiger partial charge is 0.490 e. The minimum absolute atomic E-state index is 0.205.